The SMILES string of the molecule is COCCNC(=NCC(=O)N(C)C)NCCCCCCSC.I. The molecule has 23 heavy (non-hydrogen) atoms. The molecule has 0 aliphatic heterocycles. The van der Waals surface area contributed by atoms with Gasteiger partial charge in [0.15, 0.2) is 5.96 Å². The number of unbranched alkanes of at least 4 members (excludes halogenated alkanes) is 3. The molecule has 1 amide bonds. The van der Waals surface area contributed by atoms with Gasteiger partial charge in [0, 0.05) is 34.3 Å². The van der Waals surface area contributed by atoms with Crippen LogP contribution in [-0.4, -0.2) is 76.2 Å². The Morgan fingerprint density at radius 3 is 2.39 bits per heavy atom. The lowest BCUT2D eigenvalue weighted by Gasteiger charge is -2.13. The van der Waals surface area contributed by atoms with E-state index in [9.17, 15) is 4.79 Å². The Bertz CT molecular complexity index is 318. The zero-order valence-corrected chi connectivity index (χ0v) is 18.0. The molecule has 0 aliphatic carbocycles. The second-order valence-electron chi connectivity index (χ2n) is 5.21. The number of rotatable bonds is 12. The molecule has 138 valence electrons. The van der Waals surface area contributed by atoms with E-state index in [-0.39, 0.29) is 36.4 Å². The molecule has 0 fully saturated rings. The third-order valence-corrected chi connectivity index (χ3v) is 3.73. The van der Waals surface area contributed by atoms with Crippen LogP contribution in [0.3, 0.4) is 0 Å². The minimum absolute atomic E-state index is 0. The smallest absolute Gasteiger partial charge is 0.243 e. The van der Waals surface area contributed by atoms with Gasteiger partial charge in [-0.1, -0.05) is 12.8 Å². The molecule has 0 saturated heterocycles. The zero-order chi connectivity index (χ0) is 16.6. The number of amides is 1. The first-order chi connectivity index (χ1) is 10.6. The molecule has 0 saturated carbocycles. The summed E-state index contributed by atoms with van der Waals surface area (Å²) in [6.45, 7) is 2.31. The summed E-state index contributed by atoms with van der Waals surface area (Å²) in [6.07, 6.45) is 7.03. The summed E-state index contributed by atoms with van der Waals surface area (Å²) in [4.78, 5) is 17.4. The highest BCUT2D eigenvalue weighted by Gasteiger charge is 2.04. The van der Waals surface area contributed by atoms with E-state index < -0.39 is 0 Å². The lowest BCUT2D eigenvalue weighted by Crippen LogP contribution is -2.40. The summed E-state index contributed by atoms with van der Waals surface area (Å²) in [7, 11) is 5.13. The number of guanidine groups is 1. The Morgan fingerprint density at radius 2 is 1.78 bits per heavy atom. The molecule has 6 nitrogen and oxygen atoms in total. The number of aliphatic imine (C=N–C) groups is 1. The van der Waals surface area contributed by atoms with Crippen molar-refractivity contribution in [3.05, 3.63) is 0 Å². The zero-order valence-electron chi connectivity index (χ0n) is 14.9. The predicted molar refractivity (Wildman–Crippen MR) is 111 cm³/mol. The Kier molecular flexibility index (Phi) is 19.7. The van der Waals surface area contributed by atoms with Crippen molar-refractivity contribution in [2.45, 2.75) is 25.7 Å². The van der Waals surface area contributed by atoms with Gasteiger partial charge in [-0.25, -0.2) is 4.99 Å². The maximum Gasteiger partial charge on any atom is 0.243 e. The van der Waals surface area contributed by atoms with Crippen LogP contribution in [0.25, 0.3) is 0 Å². The number of carbonyl (C=O) groups is 1. The van der Waals surface area contributed by atoms with Crippen molar-refractivity contribution in [1.29, 1.82) is 0 Å². The molecule has 0 bridgehead atoms. The number of halogens is 1. The molecule has 2 N–H and O–H groups in total. The lowest BCUT2D eigenvalue weighted by molar-refractivity contribution is -0.127. The summed E-state index contributed by atoms with van der Waals surface area (Å²) < 4.78 is 5.01. The van der Waals surface area contributed by atoms with Crippen LogP contribution < -0.4 is 10.6 Å². The average molecular weight is 460 g/mol. The van der Waals surface area contributed by atoms with Crippen LogP contribution in [0.15, 0.2) is 4.99 Å². The van der Waals surface area contributed by atoms with Crippen LogP contribution in [0.4, 0.5) is 0 Å². The second-order valence-corrected chi connectivity index (χ2v) is 6.19. The predicted octanol–water partition coefficient (Wildman–Crippen LogP) is 1.80. The second kappa shape index (κ2) is 18.1. The van der Waals surface area contributed by atoms with Crippen LogP contribution in [-0.2, 0) is 9.53 Å². The van der Waals surface area contributed by atoms with Gasteiger partial charge in [-0.3, -0.25) is 4.79 Å². The van der Waals surface area contributed by atoms with E-state index >= 15 is 0 Å². The van der Waals surface area contributed by atoms with Crippen LogP contribution in [0, 0.1) is 0 Å². The van der Waals surface area contributed by atoms with Crippen molar-refractivity contribution in [1.82, 2.24) is 15.5 Å². The molecular weight excluding hydrogens is 427 g/mol. The Hall–Kier alpha value is -0.220. The highest BCUT2D eigenvalue weighted by Crippen LogP contribution is 2.03. The standard InChI is InChI=1S/C15H32N4O2S.HI/c1-19(2)14(20)13-18-15(17-10-11-21-3)16-9-7-5-6-8-12-22-4;/h5-13H2,1-4H3,(H2,16,17,18);1H. The van der Waals surface area contributed by atoms with Gasteiger partial charge in [-0.2, -0.15) is 11.8 Å². The van der Waals surface area contributed by atoms with E-state index in [0.717, 1.165) is 13.0 Å². The largest absolute Gasteiger partial charge is 0.383 e. The van der Waals surface area contributed by atoms with E-state index in [2.05, 4.69) is 21.9 Å². The molecule has 0 atom stereocenters. The minimum atomic E-state index is -0.00935. The number of nitrogens with zero attached hydrogens (tertiary/aromatic N) is 2. The van der Waals surface area contributed by atoms with E-state index in [0.29, 0.717) is 19.1 Å². The summed E-state index contributed by atoms with van der Waals surface area (Å²) >= 11 is 1.90. The first-order valence-corrected chi connectivity index (χ1v) is 9.21. The van der Waals surface area contributed by atoms with Crippen LogP contribution in [0.2, 0.25) is 0 Å². The van der Waals surface area contributed by atoms with Crippen LogP contribution in [0.5, 0.6) is 0 Å². The van der Waals surface area contributed by atoms with Crippen molar-refractivity contribution < 1.29 is 9.53 Å². The lowest BCUT2D eigenvalue weighted by atomic mass is 10.2. The first kappa shape index (κ1) is 25.0. The maximum absolute atomic E-state index is 11.6. The number of thioether (sulfide) groups is 1. The van der Waals surface area contributed by atoms with Crippen LogP contribution in [0.1, 0.15) is 25.7 Å². The van der Waals surface area contributed by atoms with Crippen LogP contribution >= 0.6 is 35.7 Å². The highest BCUT2D eigenvalue weighted by molar-refractivity contribution is 14.0. The molecule has 0 spiro atoms. The number of methoxy groups -OCH3 is 1. The van der Waals surface area contributed by atoms with E-state index in [1.54, 1.807) is 26.1 Å². The maximum atomic E-state index is 11.6. The molecule has 0 aromatic rings. The summed E-state index contributed by atoms with van der Waals surface area (Å²) in [5.74, 6) is 1.91. The molecule has 0 aromatic heterocycles. The number of carbonyl (C=O) groups excluding carboxylic acids is 1. The number of likely N-dealkylation sites (N-methyl/N-ethyl adjacent to an activating group) is 1. The Balaban J connectivity index is 0. The molecule has 0 aliphatic rings. The Labute approximate surface area is 162 Å². The number of nitrogens with one attached hydrogen (secondary N) is 2. The van der Waals surface area contributed by atoms with Gasteiger partial charge in [0.25, 0.3) is 0 Å². The summed E-state index contributed by atoms with van der Waals surface area (Å²) in [5, 5.41) is 6.44. The topological polar surface area (TPSA) is 66.0 Å². The van der Waals surface area contributed by atoms with Crippen molar-refractivity contribution in [2.24, 2.45) is 4.99 Å². The van der Waals surface area contributed by atoms with Gasteiger partial charge in [-0.15, -0.1) is 24.0 Å². The third-order valence-electron chi connectivity index (χ3n) is 3.04. The average Bonchev–Trinajstić information content (AvgIpc) is 2.50. The molecule has 0 rings (SSSR count). The fourth-order valence-corrected chi connectivity index (χ4v) is 2.16. The Morgan fingerprint density at radius 1 is 1.13 bits per heavy atom. The van der Waals surface area contributed by atoms with Crippen molar-refractivity contribution in [3.63, 3.8) is 0 Å². The first-order valence-electron chi connectivity index (χ1n) is 7.82. The third kappa shape index (κ3) is 16.4. The van der Waals surface area contributed by atoms with Gasteiger partial charge in [-0.05, 0) is 24.9 Å². The van der Waals surface area contributed by atoms with Crippen molar-refractivity contribution in [2.75, 3.05) is 59.5 Å². The van der Waals surface area contributed by atoms with Gasteiger partial charge in [0.1, 0.15) is 6.54 Å². The highest BCUT2D eigenvalue weighted by atomic mass is 127. The molecule has 0 radical (unpaired) electrons. The summed E-state index contributed by atoms with van der Waals surface area (Å²) in [5.41, 5.74) is 0. The molecule has 8 heteroatoms. The number of hydrogen-bond donors (Lipinski definition) is 2. The monoisotopic (exact) mass is 460 g/mol. The van der Waals surface area contributed by atoms with E-state index in [1.165, 1.54) is 25.0 Å². The van der Waals surface area contributed by atoms with E-state index in [4.69, 9.17) is 4.74 Å². The fourth-order valence-electron chi connectivity index (χ4n) is 1.67. The van der Waals surface area contributed by atoms with Gasteiger partial charge in [0.05, 0.1) is 6.61 Å². The summed E-state index contributed by atoms with van der Waals surface area (Å²) in [6, 6.07) is 0. The van der Waals surface area contributed by atoms with Gasteiger partial charge >= 0.3 is 0 Å². The number of hydrogen-bond acceptors (Lipinski definition) is 4. The normalized spacial score (nSPS) is 10.9. The van der Waals surface area contributed by atoms with Gasteiger partial charge < -0.3 is 20.3 Å². The minimum Gasteiger partial charge on any atom is -0.383 e. The van der Waals surface area contributed by atoms with Crippen molar-refractivity contribution in [3.8, 4) is 0 Å². The number of ether oxygens (including phenoxy) is 1. The van der Waals surface area contributed by atoms with Crippen molar-refractivity contribution >= 4 is 47.6 Å². The van der Waals surface area contributed by atoms with Gasteiger partial charge in [0.2, 0.25) is 5.91 Å². The molecular formula is C15H33IN4O2S. The molecule has 0 aromatic carbocycles. The van der Waals surface area contributed by atoms with E-state index in [1.807, 2.05) is 11.8 Å². The quantitative estimate of drug-likeness (QED) is 0.201. The molecule has 0 heterocycles. The fraction of sp³-hybridized carbons (Fsp3) is 0.867. The molecule has 0 unspecified atom stereocenters.